The number of hydrogen-bond acceptors (Lipinski definition) is 5. The van der Waals surface area contributed by atoms with Gasteiger partial charge in [-0.3, -0.25) is 4.90 Å². The van der Waals surface area contributed by atoms with Gasteiger partial charge >= 0.3 is 0 Å². The van der Waals surface area contributed by atoms with Crippen molar-refractivity contribution in [2.75, 3.05) is 6.54 Å². The Kier molecular flexibility index (Phi) is 4.55. The molecular weight excluding hydrogens is 356 g/mol. The van der Waals surface area contributed by atoms with Gasteiger partial charge in [0.2, 0.25) is 0 Å². The highest BCUT2D eigenvalue weighted by atomic mass is 32.1. The van der Waals surface area contributed by atoms with Gasteiger partial charge in [-0.2, -0.15) is 0 Å². The van der Waals surface area contributed by atoms with Crippen LogP contribution in [0.2, 0.25) is 0 Å². The Morgan fingerprint density at radius 1 is 1.11 bits per heavy atom. The molecule has 1 aliphatic carbocycles. The number of thiophene rings is 1. The predicted molar refractivity (Wildman–Crippen MR) is 106 cm³/mol. The molecule has 5 nitrogen and oxygen atoms in total. The molecule has 0 unspecified atom stereocenters. The summed E-state index contributed by atoms with van der Waals surface area (Å²) in [5, 5.41) is 21.8. The summed E-state index contributed by atoms with van der Waals surface area (Å²) in [7, 11) is 0. The van der Waals surface area contributed by atoms with E-state index in [0.29, 0.717) is 12.5 Å². The van der Waals surface area contributed by atoms with Crippen LogP contribution in [0.3, 0.4) is 0 Å². The second-order valence-corrected chi connectivity index (χ2v) is 8.74. The molecule has 2 fully saturated rings. The number of likely N-dealkylation sites (tertiary alicyclic amines) is 1. The molecule has 0 spiro atoms. The van der Waals surface area contributed by atoms with Crippen LogP contribution < -0.4 is 0 Å². The second kappa shape index (κ2) is 7.19. The molecule has 5 rings (SSSR count). The van der Waals surface area contributed by atoms with Gasteiger partial charge in [-0.1, -0.05) is 41.6 Å². The zero-order valence-corrected chi connectivity index (χ0v) is 16.0. The molecule has 1 aromatic carbocycles. The first-order valence-corrected chi connectivity index (χ1v) is 10.6. The maximum Gasteiger partial charge on any atom is 0.0892 e. The predicted octanol–water partition coefficient (Wildman–Crippen LogP) is 3.77. The van der Waals surface area contributed by atoms with Gasteiger partial charge in [0.25, 0.3) is 0 Å². The van der Waals surface area contributed by atoms with Gasteiger partial charge in [0.15, 0.2) is 0 Å². The van der Waals surface area contributed by atoms with Gasteiger partial charge in [0, 0.05) is 36.1 Å². The van der Waals surface area contributed by atoms with E-state index in [1.807, 2.05) is 4.68 Å². The molecule has 1 aliphatic heterocycles. The Labute approximate surface area is 163 Å². The van der Waals surface area contributed by atoms with Crippen molar-refractivity contribution in [3.63, 3.8) is 0 Å². The van der Waals surface area contributed by atoms with E-state index in [4.69, 9.17) is 0 Å². The number of piperidine rings is 1. The molecule has 27 heavy (non-hydrogen) atoms. The number of β-amino-alcohol motifs (C(OH)–C–C–N with tert-alkyl or cyclic N) is 1. The molecule has 3 atom stereocenters. The van der Waals surface area contributed by atoms with Crippen LogP contribution in [0.5, 0.6) is 0 Å². The zero-order valence-electron chi connectivity index (χ0n) is 15.2. The fraction of sp³-hybridized carbons (Fsp3) is 0.429. The van der Waals surface area contributed by atoms with Crippen molar-refractivity contribution in [1.82, 2.24) is 19.9 Å². The van der Waals surface area contributed by atoms with E-state index in [-0.39, 0.29) is 12.1 Å². The highest BCUT2D eigenvalue weighted by molar-refractivity contribution is 7.09. The second-order valence-electron chi connectivity index (χ2n) is 7.70. The number of aromatic nitrogens is 3. The molecule has 3 heterocycles. The van der Waals surface area contributed by atoms with Crippen LogP contribution in [0.1, 0.15) is 53.4 Å². The van der Waals surface area contributed by atoms with Gasteiger partial charge in [-0.15, -0.1) is 16.4 Å². The van der Waals surface area contributed by atoms with Crippen LogP contribution in [0.4, 0.5) is 0 Å². The largest absolute Gasteiger partial charge is 0.390 e. The van der Waals surface area contributed by atoms with Gasteiger partial charge in [0.05, 0.1) is 17.8 Å². The summed E-state index contributed by atoms with van der Waals surface area (Å²) in [5.41, 5.74) is 2.38. The van der Waals surface area contributed by atoms with Gasteiger partial charge in [0.1, 0.15) is 0 Å². The zero-order chi connectivity index (χ0) is 18.2. The topological polar surface area (TPSA) is 54.2 Å². The SMILES string of the molecule is O[C@H]1CN(Cc2cccs2)[C@@H](c2ccccc2)C[C@H]1n1cc(C2CC2)nn1. The number of rotatable bonds is 5. The van der Waals surface area contributed by atoms with E-state index in [0.717, 1.165) is 18.7 Å². The van der Waals surface area contributed by atoms with Crippen molar-refractivity contribution in [3.8, 4) is 0 Å². The molecule has 2 aromatic heterocycles. The number of nitrogens with zero attached hydrogens (tertiary/aromatic N) is 4. The molecule has 1 saturated carbocycles. The van der Waals surface area contributed by atoms with Crippen LogP contribution >= 0.6 is 11.3 Å². The van der Waals surface area contributed by atoms with E-state index < -0.39 is 6.10 Å². The first-order chi connectivity index (χ1) is 13.3. The maximum absolute atomic E-state index is 10.9. The Bertz CT molecular complexity index is 875. The molecule has 3 aromatic rings. The average molecular weight is 381 g/mol. The van der Waals surface area contributed by atoms with Gasteiger partial charge in [-0.25, -0.2) is 4.68 Å². The average Bonchev–Trinajstić information content (AvgIpc) is 3.20. The van der Waals surface area contributed by atoms with Crippen molar-refractivity contribution in [1.29, 1.82) is 0 Å². The lowest BCUT2D eigenvalue weighted by Gasteiger charge is -2.42. The van der Waals surface area contributed by atoms with Crippen molar-refractivity contribution in [2.24, 2.45) is 0 Å². The maximum atomic E-state index is 10.9. The fourth-order valence-corrected chi connectivity index (χ4v) is 4.86. The highest BCUT2D eigenvalue weighted by Crippen LogP contribution is 2.41. The molecular formula is C21H24N4OS. The lowest BCUT2D eigenvalue weighted by molar-refractivity contribution is -0.0131. The summed E-state index contributed by atoms with van der Waals surface area (Å²) in [6.07, 6.45) is 4.88. The summed E-state index contributed by atoms with van der Waals surface area (Å²) < 4.78 is 1.91. The first kappa shape index (κ1) is 17.1. The van der Waals surface area contributed by atoms with E-state index in [2.05, 4.69) is 69.3 Å². The van der Waals surface area contributed by atoms with E-state index >= 15 is 0 Å². The minimum Gasteiger partial charge on any atom is -0.390 e. The number of aliphatic hydroxyl groups is 1. The van der Waals surface area contributed by atoms with Crippen LogP contribution in [0.15, 0.2) is 54.0 Å². The molecule has 2 aliphatic rings. The normalized spacial score (nSPS) is 26.3. The smallest absolute Gasteiger partial charge is 0.0892 e. The Morgan fingerprint density at radius 2 is 1.96 bits per heavy atom. The molecule has 0 amide bonds. The quantitative estimate of drug-likeness (QED) is 0.732. The summed E-state index contributed by atoms with van der Waals surface area (Å²) in [6.45, 7) is 1.51. The fourth-order valence-electron chi connectivity index (χ4n) is 4.13. The summed E-state index contributed by atoms with van der Waals surface area (Å²) in [4.78, 5) is 3.74. The summed E-state index contributed by atoms with van der Waals surface area (Å²) in [6, 6.07) is 15.1. The lowest BCUT2D eigenvalue weighted by atomic mass is 9.90. The third-order valence-electron chi connectivity index (χ3n) is 5.76. The standard InChI is InChI=1S/C21H24N4OS/c26-21-14-24(12-17-7-4-10-27-17)19(16-5-2-1-3-6-16)11-20(21)25-13-18(22-23-25)15-8-9-15/h1-7,10,13,15,19-21,26H,8-9,11-12,14H2/t19-,20-,21+/m1/s1. The number of benzene rings is 1. The van der Waals surface area contributed by atoms with Crippen LogP contribution in [0.25, 0.3) is 0 Å². The monoisotopic (exact) mass is 380 g/mol. The van der Waals surface area contributed by atoms with Gasteiger partial charge < -0.3 is 5.11 Å². The van der Waals surface area contributed by atoms with E-state index in [1.54, 1.807) is 11.3 Å². The Hall–Kier alpha value is -2.02. The van der Waals surface area contributed by atoms with E-state index in [1.165, 1.54) is 23.3 Å². The minimum atomic E-state index is -0.446. The molecule has 0 radical (unpaired) electrons. The summed E-state index contributed by atoms with van der Waals surface area (Å²) in [5.74, 6) is 0.583. The minimum absolute atomic E-state index is 0.0326. The number of aliphatic hydroxyl groups excluding tert-OH is 1. The van der Waals surface area contributed by atoms with Crippen LogP contribution in [0, 0.1) is 0 Å². The number of hydrogen-bond donors (Lipinski definition) is 1. The van der Waals surface area contributed by atoms with Crippen molar-refractivity contribution in [2.45, 2.75) is 49.9 Å². The Morgan fingerprint density at radius 3 is 2.70 bits per heavy atom. The van der Waals surface area contributed by atoms with Gasteiger partial charge in [-0.05, 0) is 36.3 Å². The van der Waals surface area contributed by atoms with Crippen molar-refractivity contribution >= 4 is 11.3 Å². The van der Waals surface area contributed by atoms with Crippen molar-refractivity contribution < 1.29 is 5.11 Å². The van der Waals surface area contributed by atoms with Crippen molar-refractivity contribution in [3.05, 3.63) is 70.2 Å². The van der Waals surface area contributed by atoms with E-state index in [9.17, 15) is 5.11 Å². The Balaban J connectivity index is 1.42. The molecule has 6 heteroatoms. The molecule has 0 bridgehead atoms. The highest BCUT2D eigenvalue weighted by Gasteiger charge is 2.38. The van der Waals surface area contributed by atoms with Crippen LogP contribution in [-0.4, -0.2) is 37.6 Å². The third-order valence-corrected chi connectivity index (χ3v) is 6.62. The lowest BCUT2D eigenvalue weighted by Crippen LogP contribution is -2.46. The van der Waals surface area contributed by atoms with Crippen LogP contribution in [-0.2, 0) is 6.54 Å². The molecule has 1 saturated heterocycles. The molecule has 1 N–H and O–H groups in total. The summed E-state index contributed by atoms with van der Waals surface area (Å²) >= 11 is 1.77. The third kappa shape index (κ3) is 3.57. The first-order valence-electron chi connectivity index (χ1n) is 9.69. The molecule has 140 valence electrons.